The molecule has 1 aromatic heterocycles. The average molecular weight is 321 g/mol. The second-order valence-corrected chi connectivity index (χ2v) is 5.72. The lowest BCUT2D eigenvalue weighted by Gasteiger charge is -2.09. The number of amides is 1. The third-order valence-corrected chi connectivity index (χ3v) is 3.86. The summed E-state index contributed by atoms with van der Waals surface area (Å²) >= 11 is 0. The number of hydrogen-bond donors (Lipinski definition) is 2. The minimum atomic E-state index is -0.292. The molecule has 0 spiro atoms. The molecule has 0 bridgehead atoms. The molecule has 1 amide bonds. The number of carbonyl (C=O) groups is 1. The molecule has 0 saturated heterocycles. The van der Waals surface area contributed by atoms with Crippen molar-refractivity contribution in [1.29, 1.82) is 0 Å². The minimum Gasteiger partial charge on any atom is -0.347 e. The molecule has 0 saturated carbocycles. The first-order chi connectivity index (χ1) is 11.6. The third kappa shape index (κ3) is 3.63. The molecule has 0 unspecified atom stereocenters. The predicted octanol–water partition coefficient (Wildman–Crippen LogP) is 2.46. The van der Waals surface area contributed by atoms with Crippen LogP contribution >= 0.6 is 0 Å². The van der Waals surface area contributed by atoms with Gasteiger partial charge in [0.05, 0.1) is 6.54 Å². The molecule has 5 heteroatoms. The molecule has 24 heavy (non-hydrogen) atoms. The van der Waals surface area contributed by atoms with E-state index in [2.05, 4.69) is 10.3 Å². The van der Waals surface area contributed by atoms with Crippen LogP contribution in [0.15, 0.2) is 65.6 Å². The zero-order valence-corrected chi connectivity index (χ0v) is 13.5. The van der Waals surface area contributed by atoms with Crippen molar-refractivity contribution in [2.45, 2.75) is 20.0 Å². The maximum Gasteiger partial charge on any atom is 0.326 e. The third-order valence-electron chi connectivity index (χ3n) is 3.86. The molecule has 0 fully saturated rings. The number of aromatic nitrogens is 2. The zero-order chi connectivity index (χ0) is 16.9. The normalized spacial score (nSPS) is 10.5. The van der Waals surface area contributed by atoms with Crippen molar-refractivity contribution in [1.82, 2.24) is 14.9 Å². The molecule has 3 rings (SSSR count). The van der Waals surface area contributed by atoms with Crippen LogP contribution in [0.4, 0.5) is 0 Å². The molecule has 122 valence electrons. The standard InChI is InChI=1S/C19H19N3O2/c1-14-7-9-15(10-8-14)11-20-18(23)17-12-21-19(24)22(17)13-16-5-3-2-4-6-16/h2-10,12H,11,13H2,1H3,(H,20,23)(H,21,24). The van der Waals surface area contributed by atoms with Crippen molar-refractivity contribution >= 4 is 5.91 Å². The maximum absolute atomic E-state index is 12.4. The highest BCUT2D eigenvalue weighted by Gasteiger charge is 2.14. The van der Waals surface area contributed by atoms with E-state index in [1.54, 1.807) is 0 Å². The van der Waals surface area contributed by atoms with Gasteiger partial charge in [-0.3, -0.25) is 9.36 Å². The van der Waals surface area contributed by atoms with Crippen LogP contribution < -0.4 is 11.0 Å². The van der Waals surface area contributed by atoms with Gasteiger partial charge in [0.15, 0.2) is 0 Å². The van der Waals surface area contributed by atoms with Crippen molar-refractivity contribution in [3.8, 4) is 0 Å². The van der Waals surface area contributed by atoms with Crippen molar-refractivity contribution in [3.63, 3.8) is 0 Å². The van der Waals surface area contributed by atoms with Crippen LogP contribution in [0.2, 0.25) is 0 Å². The summed E-state index contributed by atoms with van der Waals surface area (Å²) in [5, 5.41) is 2.86. The highest BCUT2D eigenvalue weighted by Crippen LogP contribution is 2.06. The monoisotopic (exact) mass is 321 g/mol. The summed E-state index contributed by atoms with van der Waals surface area (Å²) in [6, 6.07) is 17.5. The van der Waals surface area contributed by atoms with Crippen LogP contribution in [0.1, 0.15) is 27.2 Å². The molecule has 0 atom stereocenters. The largest absolute Gasteiger partial charge is 0.347 e. The van der Waals surface area contributed by atoms with Gasteiger partial charge in [-0.15, -0.1) is 0 Å². The number of H-pyrrole nitrogens is 1. The number of imidazole rings is 1. The first-order valence-corrected chi connectivity index (χ1v) is 7.79. The summed E-state index contributed by atoms with van der Waals surface area (Å²) in [5.74, 6) is -0.273. The van der Waals surface area contributed by atoms with E-state index in [4.69, 9.17) is 0 Å². The van der Waals surface area contributed by atoms with E-state index >= 15 is 0 Å². The topological polar surface area (TPSA) is 66.9 Å². The first-order valence-electron chi connectivity index (χ1n) is 7.79. The molecule has 3 aromatic rings. The van der Waals surface area contributed by atoms with Crippen LogP contribution in [0.25, 0.3) is 0 Å². The number of nitrogens with one attached hydrogen (secondary N) is 2. The Labute approximate surface area is 140 Å². The van der Waals surface area contributed by atoms with E-state index < -0.39 is 0 Å². The van der Waals surface area contributed by atoms with Gasteiger partial charge in [-0.25, -0.2) is 4.79 Å². The van der Waals surface area contributed by atoms with E-state index in [0.29, 0.717) is 18.8 Å². The van der Waals surface area contributed by atoms with Crippen molar-refractivity contribution < 1.29 is 4.79 Å². The van der Waals surface area contributed by atoms with Gasteiger partial charge in [0.1, 0.15) is 5.69 Å². The molecule has 2 N–H and O–H groups in total. The highest BCUT2D eigenvalue weighted by molar-refractivity contribution is 5.92. The van der Waals surface area contributed by atoms with Gasteiger partial charge in [0.25, 0.3) is 5.91 Å². The number of nitrogens with zero attached hydrogens (tertiary/aromatic N) is 1. The molecule has 0 aliphatic heterocycles. The molecule has 0 aliphatic rings. The van der Waals surface area contributed by atoms with Crippen molar-refractivity contribution in [2.75, 3.05) is 0 Å². The van der Waals surface area contributed by atoms with E-state index in [1.807, 2.05) is 61.5 Å². The van der Waals surface area contributed by atoms with Crippen LogP contribution in [0.3, 0.4) is 0 Å². The number of rotatable bonds is 5. The van der Waals surface area contributed by atoms with Gasteiger partial charge < -0.3 is 10.3 Å². The second kappa shape index (κ2) is 7.00. The second-order valence-electron chi connectivity index (χ2n) is 5.72. The Bertz CT molecular complexity index is 877. The molecule has 2 aromatic carbocycles. The van der Waals surface area contributed by atoms with Gasteiger partial charge in [-0.2, -0.15) is 0 Å². The van der Waals surface area contributed by atoms with E-state index in [-0.39, 0.29) is 11.6 Å². The lowest BCUT2D eigenvalue weighted by Crippen LogP contribution is -2.29. The Morgan fingerprint density at radius 3 is 2.46 bits per heavy atom. The number of aromatic amines is 1. The predicted molar refractivity (Wildman–Crippen MR) is 92.9 cm³/mol. The van der Waals surface area contributed by atoms with Crippen LogP contribution in [0.5, 0.6) is 0 Å². The van der Waals surface area contributed by atoms with Crippen LogP contribution in [0, 0.1) is 6.92 Å². The molecular formula is C19H19N3O2. The fourth-order valence-electron chi connectivity index (χ4n) is 2.49. The summed E-state index contributed by atoms with van der Waals surface area (Å²) < 4.78 is 1.44. The number of carbonyl (C=O) groups excluding carboxylic acids is 1. The lowest BCUT2D eigenvalue weighted by molar-refractivity contribution is 0.0941. The van der Waals surface area contributed by atoms with Gasteiger partial charge in [0, 0.05) is 12.7 Å². The Morgan fingerprint density at radius 1 is 1.04 bits per heavy atom. The maximum atomic E-state index is 12.4. The van der Waals surface area contributed by atoms with Crippen molar-refractivity contribution in [3.05, 3.63) is 93.7 Å². The van der Waals surface area contributed by atoms with Gasteiger partial charge >= 0.3 is 5.69 Å². The molecular weight excluding hydrogens is 302 g/mol. The van der Waals surface area contributed by atoms with Gasteiger partial charge in [-0.1, -0.05) is 60.2 Å². The quantitative estimate of drug-likeness (QED) is 0.758. The van der Waals surface area contributed by atoms with Crippen LogP contribution in [-0.4, -0.2) is 15.5 Å². The fraction of sp³-hybridized carbons (Fsp3) is 0.158. The SMILES string of the molecule is Cc1ccc(CNC(=O)c2c[nH]c(=O)n2Cc2ccccc2)cc1. The number of aryl methyl sites for hydroxylation is 1. The van der Waals surface area contributed by atoms with Gasteiger partial charge in [-0.05, 0) is 18.1 Å². The van der Waals surface area contributed by atoms with Gasteiger partial charge in [0.2, 0.25) is 0 Å². The number of hydrogen-bond acceptors (Lipinski definition) is 2. The van der Waals surface area contributed by atoms with Crippen molar-refractivity contribution in [2.24, 2.45) is 0 Å². The van der Waals surface area contributed by atoms with E-state index in [0.717, 1.165) is 11.1 Å². The summed E-state index contributed by atoms with van der Waals surface area (Å²) in [4.78, 5) is 27.0. The smallest absolute Gasteiger partial charge is 0.326 e. The molecule has 5 nitrogen and oxygen atoms in total. The minimum absolute atomic E-state index is 0.273. The summed E-state index contributed by atoms with van der Waals surface area (Å²) in [7, 11) is 0. The average Bonchev–Trinajstić information content (AvgIpc) is 2.96. The molecule has 1 heterocycles. The Hall–Kier alpha value is -3.08. The van der Waals surface area contributed by atoms with Crippen LogP contribution in [-0.2, 0) is 13.1 Å². The molecule has 0 radical (unpaired) electrons. The lowest BCUT2D eigenvalue weighted by atomic mass is 10.1. The Balaban J connectivity index is 1.73. The summed E-state index contributed by atoms with van der Waals surface area (Å²) in [6.07, 6.45) is 1.45. The highest BCUT2D eigenvalue weighted by atomic mass is 16.2. The zero-order valence-electron chi connectivity index (χ0n) is 13.5. The van der Waals surface area contributed by atoms with E-state index in [9.17, 15) is 9.59 Å². The first kappa shape index (κ1) is 15.8. The summed E-state index contributed by atoms with van der Waals surface area (Å²) in [6.45, 7) is 2.80. The molecule has 0 aliphatic carbocycles. The Morgan fingerprint density at radius 2 is 1.75 bits per heavy atom. The Kier molecular flexibility index (Phi) is 4.61. The number of benzene rings is 2. The summed E-state index contributed by atoms with van der Waals surface area (Å²) in [5.41, 5.74) is 3.19. The van der Waals surface area contributed by atoms with E-state index in [1.165, 1.54) is 16.3 Å². The fourth-order valence-corrected chi connectivity index (χ4v) is 2.49.